The van der Waals surface area contributed by atoms with Crippen LogP contribution in [0.15, 0.2) is 50.0 Å². The van der Waals surface area contributed by atoms with Crippen molar-refractivity contribution < 1.29 is 4.52 Å². The van der Waals surface area contributed by atoms with Crippen LogP contribution in [0.25, 0.3) is 22.4 Å². The van der Waals surface area contributed by atoms with E-state index in [1.807, 2.05) is 30.3 Å². The molecule has 0 aliphatic carbocycles. The van der Waals surface area contributed by atoms with E-state index in [1.54, 1.807) is 6.20 Å². The summed E-state index contributed by atoms with van der Waals surface area (Å²) < 4.78 is 7.24. The Morgan fingerprint density at radius 3 is 2.76 bits per heavy atom. The summed E-state index contributed by atoms with van der Waals surface area (Å²) in [7, 11) is 0. The van der Waals surface area contributed by atoms with Gasteiger partial charge in [-0.15, -0.1) is 0 Å². The standard InChI is InChI=1S/C12H6Br2N2O/c13-7-5-8-11(9(14)6-7)16-17-12(8)10-3-1-2-4-15-10/h1-6H. The Bertz CT molecular complexity index is 680. The second kappa shape index (κ2) is 4.23. The summed E-state index contributed by atoms with van der Waals surface area (Å²) in [5, 5.41) is 4.99. The average molecular weight is 354 g/mol. The minimum absolute atomic E-state index is 0.683. The molecule has 0 atom stereocenters. The summed E-state index contributed by atoms with van der Waals surface area (Å²) in [5.41, 5.74) is 1.58. The van der Waals surface area contributed by atoms with Crippen LogP contribution in [0, 0.1) is 0 Å². The third-order valence-corrected chi connectivity index (χ3v) is 3.46. The van der Waals surface area contributed by atoms with E-state index in [9.17, 15) is 0 Å². The average Bonchev–Trinajstić information content (AvgIpc) is 2.74. The Balaban J connectivity index is 2.32. The predicted octanol–water partition coefficient (Wildman–Crippen LogP) is 4.41. The summed E-state index contributed by atoms with van der Waals surface area (Å²) in [6.07, 6.45) is 1.73. The van der Waals surface area contributed by atoms with Crippen LogP contribution in [0.1, 0.15) is 0 Å². The van der Waals surface area contributed by atoms with Crippen molar-refractivity contribution >= 4 is 42.8 Å². The lowest BCUT2D eigenvalue weighted by atomic mass is 10.2. The number of hydrogen-bond acceptors (Lipinski definition) is 3. The minimum Gasteiger partial charge on any atom is -0.353 e. The number of pyridine rings is 1. The zero-order valence-corrected chi connectivity index (χ0v) is 11.7. The fraction of sp³-hybridized carbons (Fsp3) is 0. The molecule has 0 N–H and O–H groups in total. The molecule has 3 aromatic rings. The van der Waals surface area contributed by atoms with E-state index in [4.69, 9.17) is 4.52 Å². The number of nitrogens with zero attached hydrogens (tertiary/aromatic N) is 2. The molecule has 17 heavy (non-hydrogen) atoms. The van der Waals surface area contributed by atoms with E-state index in [1.165, 1.54) is 0 Å². The van der Waals surface area contributed by atoms with E-state index < -0.39 is 0 Å². The summed E-state index contributed by atoms with van der Waals surface area (Å²) in [5.74, 6) is 0.683. The van der Waals surface area contributed by atoms with Crippen molar-refractivity contribution in [3.05, 3.63) is 45.5 Å². The molecule has 0 saturated heterocycles. The van der Waals surface area contributed by atoms with Gasteiger partial charge in [0.25, 0.3) is 0 Å². The van der Waals surface area contributed by atoms with Gasteiger partial charge in [-0.2, -0.15) is 0 Å². The van der Waals surface area contributed by atoms with Gasteiger partial charge in [0, 0.05) is 15.1 Å². The van der Waals surface area contributed by atoms with Crippen molar-refractivity contribution in [2.24, 2.45) is 0 Å². The van der Waals surface area contributed by atoms with Gasteiger partial charge >= 0.3 is 0 Å². The zero-order valence-electron chi connectivity index (χ0n) is 8.52. The molecule has 3 nitrogen and oxygen atoms in total. The Hall–Kier alpha value is -1.20. The van der Waals surface area contributed by atoms with Crippen LogP contribution in [-0.2, 0) is 0 Å². The van der Waals surface area contributed by atoms with Crippen molar-refractivity contribution in [3.63, 3.8) is 0 Å². The first-order valence-electron chi connectivity index (χ1n) is 4.91. The molecule has 0 radical (unpaired) electrons. The first kappa shape index (κ1) is 10.9. The molecule has 0 unspecified atom stereocenters. The van der Waals surface area contributed by atoms with Gasteiger partial charge in [-0.05, 0) is 40.2 Å². The molecule has 0 amide bonds. The first-order chi connectivity index (χ1) is 8.25. The summed E-state index contributed by atoms with van der Waals surface area (Å²) in [4.78, 5) is 4.27. The normalized spacial score (nSPS) is 10.9. The topological polar surface area (TPSA) is 38.9 Å². The Kier molecular flexibility index (Phi) is 2.72. The number of rotatable bonds is 1. The zero-order chi connectivity index (χ0) is 11.8. The van der Waals surface area contributed by atoms with E-state index >= 15 is 0 Å². The van der Waals surface area contributed by atoms with Gasteiger partial charge in [0.15, 0.2) is 5.76 Å². The van der Waals surface area contributed by atoms with Gasteiger partial charge in [-0.25, -0.2) is 0 Å². The van der Waals surface area contributed by atoms with Gasteiger partial charge in [-0.1, -0.05) is 27.2 Å². The SMILES string of the molecule is Brc1cc(Br)c2noc(-c3ccccn3)c2c1. The molecule has 0 aliphatic rings. The second-order valence-corrected chi connectivity index (χ2v) is 5.28. The van der Waals surface area contributed by atoms with Crippen LogP contribution in [0.5, 0.6) is 0 Å². The lowest BCUT2D eigenvalue weighted by Gasteiger charge is -1.96. The Morgan fingerprint density at radius 2 is 2.00 bits per heavy atom. The minimum atomic E-state index is 0.683. The number of halogens is 2. The van der Waals surface area contributed by atoms with Gasteiger partial charge < -0.3 is 4.52 Å². The van der Waals surface area contributed by atoms with Gasteiger partial charge in [-0.3, -0.25) is 4.98 Å². The fourth-order valence-corrected chi connectivity index (χ4v) is 2.95. The fourth-order valence-electron chi connectivity index (χ4n) is 1.65. The molecule has 0 aliphatic heterocycles. The van der Waals surface area contributed by atoms with Crippen LogP contribution >= 0.6 is 31.9 Å². The van der Waals surface area contributed by atoms with Crippen molar-refractivity contribution in [1.82, 2.24) is 10.1 Å². The van der Waals surface area contributed by atoms with Crippen LogP contribution in [0.3, 0.4) is 0 Å². The van der Waals surface area contributed by atoms with E-state index in [0.717, 1.165) is 25.5 Å². The molecular formula is C12H6Br2N2O. The summed E-state index contributed by atoms with van der Waals surface area (Å²) in [6, 6.07) is 9.60. The quantitative estimate of drug-likeness (QED) is 0.650. The van der Waals surface area contributed by atoms with E-state index in [-0.39, 0.29) is 0 Å². The van der Waals surface area contributed by atoms with Gasteiger partial charge in [0.2, 0.25) is 0 Å². The third kappa shape index (κ3) is 1.89. The smallest absolute Gasteiger partial charge is 0.193 e. The molecule has 2 aromatic heterocycles. The van der Waals surface area contributed by atoms with E-state index in [2.05, 4.69) is 42.0 Å². The maximum Gasteiger partial charge on any atom is 0.193 e. The van der Waals surface area contributed by atoms with Crippen LogP contribution in [-0.4, -0.2) is 10.1 Å². The third-order valence-electron chi connectivity index (χ3n) is 2.40. The number of fused-ring (bicyclic) bond motifs is 1. The summed E-state index contributed by atoms with van der Waals surface area (Å²) in [6.45, 7) is 0. The van der Waals surface area contributed by atoms with Gasteiger partial charge in [0.1, 0.15) is 11.2 Å². The maximum absolute atomic E-state index is 5.37. The largest absolute Gasteiger partial charge is 0.353 e. The monoisotopic (exact) mass is 352 g/mol. The molecule has 5 heteroatoms. The van der Waals surface area contributed by atoms with E-state index in [0.29, 0.717) is 5.76 Å². The number of aromatic nitrogens is 2. The van der Waals surface area contributed by atoms with Crippen molar-refractivity contribution in [1.29, 1.82) is 0 Å². The Morgan fingerprint density at radius 1 is 1.12 bits per heavy atom. The molecule has 2 heterocycles. The molecule has 0 saturated carbocycles. The highest BCUT2D eigenvalue weighted by atomic mass is 79.9. The number of benzene rings is 1. The predicted molar refractivity (Wildman–Crippen MR) is 72.6 cm³/mol. The summed E-state index contributed by atoms with van der Waals surface area (Å²) >= 11 is 6.92. The van der Waals surface area contributed by atoms with Crippen molar-refractivity contribution in [2.45, 2.75) is 0 Å². The molecule has 0 fully saturated rings. The number of hydrogen-bond donors (Lipinski definition) is 0. The van der Waals surface area contributed by atoms with Crippen molar-refractivity contribution in [3.8, 4) is 11.5 Å². The highest BCUT2D eigenvalue weighted by molar-refractivity contribution is 9.11. The van der Waals surface area contributed by atoms with Crippen LogP contribution < -0.4 is 0 Å². The first-order valence-corrected chi connectivity index (χ1v) is 6.50. The lowest BCUT2D eigenvalue weighted by molar-refractivity contribution is 0.439. The molecular weight excluding hydrogens is 348 g/mol. The molecule has 3 rings (SSSR count). The van der Waals surface area contributed by atoms with Crippen LogP contribution in [0.4, 0.5) is 0 Å². The molecule has 0 spiro atoms. The van der Waals surface area contributed by atoms with Crippen molar-refractivity contribution in [2.75, 3.05) is 0 Å². The Labute approximate surface area is 114 Å². The van der Waals surface area contributed by atoms with Gasteiger partial charge in [0.05, 0.1) is 5.39 Å². The lowest BCUT2D eigenvalue weighted by Crippen LogP contribution is -1.80. The second-order valence-electron chi connectivity index (χ2n) is 3.51. The highest BCUT2D eigenvalue weighted by Crippen LogP contribution is 2.34. The maximum atomic E-state index is 5.37. The molecule has 0 bridgehead atoms. The van der Waals surface area contributed by atoms with Crippen LogP contribution in [0.2, 0.25) is 0 Å². The highest BCUT2D eigenvalue weighted by Gasteiger charge is 2.14. The molecule has 1 aromatic carbocycles. The molecule has 84 valence electrons.